The number of benzene rings is 1. The lowest BCUT2D eigenvalue weighted by Gasteiger charge is -2.16. The molecule has 19 heavy (non-hydrogen) atoms. The molecule has 98 valence electrons. The van der Waals surface area contributed by atoms with Gasteiger partial charge < -0.3 is 10.3 Å². The van der Waals surface area contributed by atoms with Crippen molar-refractivity contribution < 1.29 is 0 Å². The molecule has 1 aromatic carbocycles. The van der Waals surface area contributed by atoms with Gasteiger partial charge in [0.2, 0.25) is 0 Å². The van der Waals surface area contributed by atoms with Crippen LogP contribution in [0.15, 0.2) is 42.7 Å². The summed E-state index contributed by atoms with van der Waals surface area (Å²) >= 11 is 0. The summed E-state index contributed by atoms with van der Waals surface area (Å²) in [6.45, 7) is 0.900. The van der Waals surface area contributed by atoms with Crippen molar-refractivity contribution in [2.24, 2.45) is 11.1 Å². The van der Waals surface area contributed by atoms with Crippen LogP contribution in [0.3, 0.4) is 0 Å². The van der Waals surface area contributed by atoms with Crippen LogP contribution in [0.25, 0.3) is 11.4 Å². The Morgan fingerprint density at radius 1 is 1.32 bits per heavy atom. The Kier molecular flexibility index (Phi) is 2.85. The van der Waals surface area contributed by atoms with E-state index in [-0.39, 0.29) is 5.41 Å². The van der Waals surface area contributed by atoms with Crippen molar-refractivity contribution >= 4 is 5.84 Å². The minimum atomic E-state index is 0.191. The molecule has 2 aromatic rings. The summed E-state index contributed by atoms with van der Waals surface area (Å²) in [6, 6.07) is 10.2. The highest BCUT2D eigenvalue weighted by atomic mass is 15.1. The maximum atomic E-state index is 7.49. The van der Waals surface area contributed by atoms with E-state index in [9.17, 15) is 0 Å². The summed E-state index contributed by atoms with van der Waals surface area (Å²) in [4.78, 5) is 4.46. The van der Waals surface area contributed by atoms with E-state index in [4.69, 9.17) is 11.1 Å². The number of nitrogens with two attached hydrogens (primary N) is 1. The third-order valence-electron chi connectivity index (χ3n) is 3.78. The number of hydrogen-bond donors (Lipinski definition) is 2. The molecule has 3 N–H and O–H groups in total. The number of nitrogens with one attached hydrogen (secondary N) is 1. The predicted molar refractivity (Wildman–Crippen MR) is 75.9 cm³/mol. The minimum Gasteiger partial charge on any atom is -0.388 e. The first-order valence-electron chi connectivity index (χ1n) is 6.58. The number of amidine groups is 1. The normalized spacial score (nSPS) is 16.2. The van der Waals surface area contributed by atoms with Crippen LogP contribution in [0, 0.1) is 10.8 Å². The molecule has 1 aromatic heterocycles. The molecule has 4 heteroatoms. The molecule has 1 fully saturated rings. The maximum Gasteiger partial charge on any atom is 0.139 e. The van der Waals surface area contributed by atoms with E-state index in [2.05, 4.69) is 21.7 Å². The van der Waals surface area contributed by atoms with Gasteiger partial charge in [-0.3, -0.25) is 5.41 Å². The molecule has 1 heterocycles. The Bertz CT molecular complexity index is 581. The zero-order valence-electron chi connectivity index (χ0n) is 10.8. The van der Waals surface area contributed by atoms with Crippen LogP contribution in [0.5, 0.6) is 0 Å². The van der Waals surface area contributed by atoms with E-state index in [0.29, 0.717) is 12.3 Å². The van der Waals surface area contributed by atoms with Crippen LogP contribution < -0.4 is 5.73 Å². The number of nitrogens with zero attached hydrogens (tertiary/aromatic N) is 2. The van der Waals surface area contributed by atoms with Gasteiger partial charge in [0.1, 0.15) is 5.82 Å². The van der Waals surface area contributed by atoms with Gasteiger partial charge in [-0.15, -0.1) is 0 Å². The number of aromatic nitrogens is 2. The molecule has 0 unspecified atom stereocenters. The molecule has 4 nitrogen and oxygen atoms in total. The van der Waals surface area contributed by atoms with Gasteiger partial charge in [0.05, 0.1) is 5.84 Å². The largest absolute Gasteiger partial charge is 0.388 e. The van der Waals surface area contributed by atoms with Crippen molar-refractivity contribution in [3.05, 3.63) is 42.7 Å². The summed E-state index contributed by atoms with van der Waals surface area (Å²) in [5, 5.41) is 7.49. The molecular weight excluding hydrogens is 236 g/mol. The van der Waals surface area contributed by atoms with Crippen molar-refractivity contribution in [1.29, 1.82) is 5.41 Å². The van der Waals surface area contributed by atoms with E-state index in [1.54, 1.807) is 0 Å². The topological polar surface area (TPSA) is 67.7 Å². The lowest BCUT2D eigenvalue weighted by atomic mass is 10.0. The average molecular weight is 254 g/mol. The molecule has 0 amide bonds. The number of imidazole rings is 1. The third-order valence-corrected chi connectivity index (χ3v) is 3.78. The second kappa shape index (κ2) is 4.53. The van der Waals surface area contributed by atoms with Crippen LogP contribution in [0.4, 0.5) is 0 Å². The summed E-state index contributed by atoms with van der Waals surface area (Å²) in [5.74, 6) is 1.29. The van der Waals surface area contributed by atoms with Crippen LogP contribution in [0.1, 0.15) is 19.3 Å². The Morgan fingerprint density at radius 3 is 2.68 bits per heavy atom. The maximum absolute atomic E-state index is 7.49. The molecule has 0 saturated heterocycles. The molecule has 3 rings (SSSR count). The lowest BCUT2D eigenvalue weighted by Crippen LogP contribution is -2.20. The fourth-order valence-corrected chi connectivity index (χ4v) is 2.62. The van der Waals surface area contributed by atoms with Gasteiger partial charge in [0, 0.05) is 30.9 Å². The van der Waals surface area contributed by atoms with Gasteiger partial charge in [0.15, 0.2) is 0 Å². The highest BCUT2D eigenvalue weighted by Gasteiger charge is 2.43. The number of hydrogen-bond acceptors (Lipinski definition) is 2. The summed E-state index contributed by atoms with van der Waals surface area (Å²) in [5.41, 5.74) is 6.88. The monoisotopic (exact) mass is 254 g/mol. The first-order chi connectivity index (χ1) is 9.19. The SMILES string of the molecule is N=C(N)CC1(Cn2ccnc2-c2ccccc2)CC1. The fourth-order valence-electron chi connectivity index (χ4n) is 2.62. The zero-order chi connectivity index (χ0) is 13.3. The Labute approximate surface area is 112 Å². The Hall–Kier alpha value is -2.10. The molecule has 0 radical (unpaired) electrons. The first-order valence-corrected chi connectivity index (χ1v) is 6.58. The van der Waals surface area contributed by atoms with Crippen molar-refractivity contribution in [2.45, 2.75) is 25.8 Å². The molecule has 0 atom stereocenters. The highest BCUT2D eigenvalue weighted by Crippen LogP contribution is 2.50. The second-order valence-corrected chi connectivity index (χ2v) is 5.45. The number of rotatable bonds is 5. The molecule has 1 aliphatic rings. The quantitative estimate of drug-likeness (QED) is 0.636. The smallest absolute Gasteiger partial charge is 0.139 e. The Morgan fingerprint density at radius 2 is 2.05 bits per heavy atom. The lowest BCUT2D eigenvalue weighted by molar-refractivity contribution is 0.439. The highest BCUT2D eigenvalue weighted by molar-refractivity contribution is 5.78. The average Bonchev–Trinajstić information content (AvgIpc) is 2.98. The van der Waals surface area contributed by atoms with Gasteiger partial charge >= 0.3 is 0 Å². The zero-order valence-corrected chi connectivity index (χ0v) is 10.8. The summed E-state index contributed by atoms with van der Waals surface area (Å²) in [7, 11) is 0. The molecule has 0 spiro atoms. The van der Waals surface area contributed by atoms with Crippen LogP contribution in [0.2, 0.25) is 0 Å². The van der Waals surface area contributed by atoms with Crippen LogP contribution >= 0.6 is 0 Å². The standard InChI is InChI=1S/C15H18N4/c16-13(17)10-15(6-7-15)11-19-9-8-18-14(19)12-4-2-1-3-5-12/h1-5,8-9H,6-7,10-11H2,(H3,16,17). The van der Waals surface area contributed by atoms with E-state index in [1.165, 1.54) is 0 Å². The molecule has 1 aliphatic carbocycles. The summed E-state index contributed by atoms with van der Waals surface area (Å²) in [6.07, 6.45) is 6.85. The van der Waals surface area contributed by atoms with E-state index < -0.39 is 0 Å². The van der Waals surface area contributed by atoms with E-state index in [0.717, 1.165) is 30.8 Å². The van der Waals surface area contributed by atoms with Crippen LogP contribution in [-0.2, 0) is 6.54 Å². The molecule has 0 aliphatic heterocycles. The summed E-state index contributed by atoms with van der Waals surface area (Å²) < 4.78 is 2.19. The van der Waals surface area contributed by atoms with Gasteiger partial charge in [-0.05, 0) is 18.3 Å². The molecular formula is C15H18N4. The van der Waals surface area contributed by atoms with Crippen molar-refractivity contribution in [3.8, 4) is 11.4 Å². The van der Waals surface area contributed by atoms with Gasteiger partial charge in [-0.2, -0.15) is 0 Å². The predicted octanol–water partition coefficient (Wildman–Crippen LogP) is 2.66. The second-order valence-electron chi connectivity index (χ2n) is 5.45. The fraction of sp³-hybridized carbons (Fsp3) is 0.333. The van der Waals surface area contributed by atoms with Gasteiger partial charge in [0.25, 0.3) is 0 Å². The van der Waals surface area contributed by atoms with E-state index in [1.807, 2.05) is 30.6 Å². The molecule has 1 saturated carbocycles. The van der Waals surface area contributed by atoms with Crippen molar-refractivity contribution in [1.82, 2.24) is 9.55 Å². The minimum absolute atomic E-state index is 0.191. The Balaban J connectivity index is 1.84. The van der Waals surface area contributed by atoms with Crippen LogP contribution in [-0.4, -0.2) is 15.4 Å². The van der Waals surface area contributed by atoms with E-state index >= 15 is 0 Å². The third kappa shape index (κ3) is 2.52. The van der Waals surface area contributed by atoms with Gasteiger partial charge in [-0.25, -0.2) is 4.98 Å². The molecule has 0 bridgehead atoms. The first kappa shape index (κ1) is 12.0. The van der Waals surface area contributed by atoms with Crippen molar-refractivity contribution in [3.63, 3.8) is 0 Å². The van der Waals surface area contributed by atoms with Gasteiger partial charge in [-0.1, -0.05) is 30.3 Å². The van der Waals surface area contributed by atoms with Crippen molar-refractivity contribution in [2.75, 3.05) is 0 Å².